The van der Waals surface area contributed by atoms with E-state index in [4.69, 9.17) is 10.4 Å². The second-order valence-corrected chi connectivity index (χ2v) is 4.52. The third-order valence-corrected chi connectivity index (χ3v) is 3.06. The molecule has 1 N–H and O–H groups in total. The second-order valence-electron chi connectivity index (χ2n) is 4.52. The van der Waals surface area contributed by atoms with Crippen LogP contribution >= 0.6 is 0 Å². The van der Waals surface area contributed by atoms with Crippen molar-refractivity contribution in [3.8, 4) is 6.07 Å². The van der Waals surface area contributed by atoms with Gasteiger partial charge in [0.1, 0.15) is 6.07 Å². The van der Waals surface area contributed by atoms with Crippen LogP contribution in [0.5, 0.6) is 0 Å². The van der Waals surface area contributed by atoms with Crippen LogP contribution in [0.4, 0.5) is 5.69 Å². The number of anilines is 1. The number of hydrogen-bond acceptors (Lipinski definition) is 3. The fourth-order valence-corrected chi connectivity index (χ4v) is 1.80. The highest BCUT2D eigenvalue weighted by Crippen LogP contribution is 2.21. The van der Waals surface area contributed by atoms with E-state index >= 15 is 0 Å². The standard InChI is InChI=1S/C14H20N2O/c1-4-11(2)9-16(3)14-6-5-12(10-17)7-13(14)8-15/h5-7,11,17H,4,9-10H2,1-3H3. The van der Waals surface area contributed by atoms with Gasteiger partial charge in [-0.05, 0) is 23.6 Å². The molecule has 1 aromatic carbocycles. The molecule has 3 heteroatoms. The molecule has 1 rings (SSSR count). The minimum atomic E-state index is -0.0238. The lowest BCUT2D eigenvalue weighted by Crippen LogP contribution is -2.24. The van der Waals surface area contributed by atoms with Crippen LogP contribution < -0.4 is 4.90 Å². The van der Waals surface area contributed by atoms with Crippen molar-refractivity contribution in [1.82, 2.24) is 0 Å². The van der Waals surface area contributed by atoms with E-state index in [0.717, 1.165) is 24.2 Å². The maximum absolute atomic E-state index is 9.12. The summed E-state index contributed by atoms with van der Waals surface area (Å²) in [5.41, 5.74) is 2.34. The molecule has 0 aliphatic heterocycles. The number of benzene rings is 1. The molecular formula is C14H20N2O. The third-order valence-electron chi connectivity index (χ3n) is 3.06. The fraction of sp³-hybridized carbons (Fsp3) is 0.500. The summed E-state index contributed by atoms with van der Waals surface area (Å²) in [6, 6.07) is 7.72. The van der Waals surface area contributed by atoms with Crippen molar-refractivity contribution in [3.63, 3.8) is 0 Å². The monoisotopic (exact) mass is 232 g/mol. The summed E-state index contributed by atoms with van der Waals surface area (Å²) in [4.78, 5) is 2.11. The van der Waals surface area contributed by atoms with Gasteiger partial charge in [0.15, 0.2) is 0 Å². The molecule has 0 amide bonds. The van der Waals surface area contributed by atoms with Crippen LogP contribution in [0.1, 0.15) is 31.4 Å². The van der Waals surface area contributed by atoms with Crippen molar-refractivity contribution in [3.05, 3.63) is 29.3 Å². The molecule has 1 aromatic rings. The van der Waals surface area contributed by atoms with Gasteiger partial charge in [-0.2, -0.15) is 5.26 Å². The van der Waals surface area contributed by atoms with Gasteiger partial charge in [-0.15, -0.1) is 0 Å². The molecule has 0 aliphatic carbocycles. The maximum atomic E-state index is 9.12. The van der Waals surface area contributed by atoms with Gasteiger partial charge in [0.2, 0.25) is 0 Å². The molecule has 0 bridgehead atoms. The summed E-state index contributed by atoms with van der Waals surface area (Å²) in [6.45, 7) is 5.27. The number of nitriles is 1. The summed E-state index contributed by atoms with van der Waals surface area (Å²) in [7, 11) is 2.00. The maximum Gasteiger partial charge on any atom is 0.101 e. The van der Waals surface area contributed by atoms with Gasteiger partial charge in [0.25, 0.3) is 0 Å². The fourth-order valence-electron chi connectivity index (χ4n) is 1.80. The van der Waals surface area contributed by atoms with Crippen molar-refractivity contribution >= 4 is 5.69 Å². The van der Waals surface area contributed by atoms with Crippen LogP contribution in [0.15, 0.2) is 18.2 Å². The van der Waals surface area contributed by atoms with Crippen molar-refractivity contribution in [2.45, 2.75) is 26.9 Å². The lowest BCUT2D eigenvalue weighted by molar-refractivity contribution is 0.282. The zero-order chi connectivity index (χ0) is 12.8. The van der Waals surface area contributed by atoms with E-state index in [1.807, 2.05) is 19.2 Å². The molecule has 3 nitrogen and oxygen atoms in total. The molecule has 1 unspecified atom stereocenters. The Hall–Kier alpha value is -1.53. The van der Waals surface area contributed by atoms with Crippen LogP contribution in [0.2, 0.25) is 0 Å². The topological polar surface area (TPSA) is 47.3 Å². The molecule has 0 aromatic heterocycles. The van der Waals surface area contributed by atoms with Crippen molar-refractivity contribution in [2.75, 3.05) is 18.5 Å². The highest BCUT2D eigenvalue weighted by Gasteiger charge is 2.10. The van der Waals surface area contributed by atoms with Gasteiger partial charge < -0.3 is 10.0 Å². The number of aliphatic hydroxyl groups excluding tert-OH is 1. The highest BCUT2D eigenvalue weighted by atomic mass is 16.3. The average Bonchev–Trinajstić information content (AvgIpc) is 2.37. The van der Waals surface area contributed by atoms with Gasteiger partial charge in [0, 0.05) is 13.6 Å². The Morgan fingerprint density at radius 3 is 2.71 bits per heavy atom. The first-order valence-electron chi connectivity index (χ1n) is 5.97. The molecule has 92 valence electrons. The van der Waals surface area contributed by atoms with Crippen LogP contribution in [0.25, 0.3) is 0 Å². The van der Waals surface area contributed by atoms with E-state index in [0.29, 0.717) is 11.5 Å². The van der Waals surface area contributed by atoms with E-state index in [2.05, 4.69) is 24.8 Å². The van der Waals surface area contributed by atoms with E-state index < -0.39 is 0 Å². The van der Waals surface area contributed by atoms with Crippen LogP contribution in [-0.4, -0.2) is 18.7 Å². The van der Waals surface area contributed by atoms with Gasteiger partial charge in [0.05, 0.1) is 17.9 Å². The number of hydrogen-bond donors (Lipinski definition) is 1. The first kappa shape index (κ1) is 13.5. The molecule has 0 fully saturated rings. The normalized spacial score (nSPS) is 11.9. The molecular weight excluding hydrogens is 212 g/mol. The molecule has 17 heavy (non-hydrogen) atoms. The zero-order valence-corrected chi connectivity index (χ0v) is 10.8. The Morgan fingerprint density at radius 1 is 1.47 bits per heavy atom. The van der Waals surface area contributed by atoms with Gasteiger partial charge in [-0.3, -0.25) is 0 Å². The molecule has 0 saturated carbocycles. The first-order chi connectivity index (χ1) is 8.12. The molecule has 0 spiro atoms. The summed E-state index contributed by atoms with van der Waals surface area (Å²) in [5.74, 6) is 0.601. The zero-order valence-electron chi connectivity index (χ0n) is 10.8. The van der Waals surface area contributed by atoms with Crippen LogP contribution in [-0.2, 0) is 6.61 Å². The van der Waals surface area contributed by atoms with Crippen molar-refractivity contribution in [2.24, 2.45) is 5.92 Å². The molecule has 1 atom stereocenters. The first-order valence-corrected chi connectivity index (χ1v) is 5.97. The lowest BCUT2D eigenvalue weighted by atomic mass is 10.1. The Kier molecular flexibility index (Phi) is 4.99. The number of nitrogens with zero attached hydrogens (tertiary/aromatic N) is 2. The van der Waals surface area contributed by atoms with Gasteiger partial charge >= 0.3 is 0 Å². The highest BCUT2D eigenvalue weighted by molar-refractivity contribution is 5.60. The summed E-state index contributed by atoms with van der Waals surface area (Å²) in [6.07, 6.45) is 1.13. The smallest absolute Gasteiger partial charge is 0.101 e. The minimum Gasteiger partial charge on any atom is -0.392 e. The van der Waals surface area contributed by atoms with E-state index in [1.54, 1.807) is 6.07 Å². The Morgan fingerprint density at radius 2 is 2.18 bits per heavy atom. The predicted molar refractivity (Wildman–Crippen MR) is 69.8 cm³/mol. The van der Waals surface area contributed by atoms with Gasteiger partial charge in [-0.1, -0.05) is 26.3 Å². The molecule has 0 heterocycles. The lowest BCUT2D eigenvalue weighted by Gasteiger charge is -2.24. The Labute approximate surface area is 103 Å². The quantitative estimate of drug-likeness (QED) is 0.848. The predicted octanol–water partition coefficient (Wildman–Crippen LogP) is 2.53. The summed E-state index contributed by atoms with van der Waals surface area (Å²) < 4.78 is 0. The van der Waals surface area contributed by atoms with Crippen LogP contribution in [0, 0.1) is 17.2 Å². The third kappa shape index (κ3) is 3.47. The van der Waals surface area contributed by atoms with E-state index in [9.17, 15) is 0 Å². The van der Waals surface area contributed by atoms with E-state index in [1.165, 1.54) is 0 Å². The summed E-state index contributed by atoms with van der Waals surface area (Å²) in [5, 5.41) is 18.2. The van der Waals surface area contributed by atoms with Crippen molar-refractivity contribution in [1.29, 1.82) is 5.26 Å². The van der Waals surface area contributed by atoms with Crippen LogP contribution in [0.3, 0.4) is 0 Å². The van der Waals surface area contributed by atoms with Gasteiger partial charge in [-0.25, -0.2) is 0 Å². The SMILES string of the molecule is CCC(C)CN(C)c1ccc(CO)cc1C#N. The second kappa shape index (κ2) is 6.27. The van der Waals surface area contributed by atoms with E-state index in [-0.39, 0.29) is 6.61 Å². The summed E-state index contributed by atoms with van der Waals surface area (Å²) >= 11 is 0. The molecule has 0 saturated heterocycles. The van der Waals surface area contributed by atoms with Crippen molar-refractivity contribution < 1.29 is 5.11 Å². The Balaban J connectivity index is 2.93. The number of aliphatic hydroxyl groups is 1. The number of rotatable bonds is 5. The molecule has 0 aliphatic rings. The Bertz CT molecular complexity index is 409. The largest absolute Gasteiger partial charge is 0.392 e. The minimum absolute atomic E-state index is 0.0238. The molecule has 0 radical (unpaired) electrons. The average molecular weight is 232 g/mol.